The molecule has 152 valence electrons. The number of nitrogens with one attached hydrogen (secondary N) is 1. The average molecular weight is 425 g/mol. The summed E-state index contributed by atoms with van der Waals surface area (Å²) in [7, 11) is 0. The van der Waals surface area contributed by atoms with Crippen LogP contribution < -0.4 is 5.32 Å². The molecule has 2 aromatic heterocycles. The molecule has 2 unspecified atom stereocenters. The molecule has 5 rings (SSSR count). The standard InChI is InChI=1S/C19H25ClN4O3S/c1-11-5-19(18-13(4-17(20)28-18)16(25)10-27-19)6-14(21-11)15-8-24(23-22-15)7-12-2-3-26-9-12/h4,8,11-12,14,16,21,25H,2-3,5-7,9-10H2,1H3/t11-,12?,14-,16+,19?/m0/s1. The largest absolute Gasteiger partial charge is 0.386 e. The molecule has 0 amide bonds. The number of aliphatic hydroxyl groups is 1. The first kappa shape index (κ1) is 19.0. The Kier molecular flexibility index (Phi) is 4.97. The van der Waals surface area contributed by atoms with Gasteiger partial charge in [0.2, 0.25) is 0 Å². The van der Waals surface area contributed by atoms with Gasteiger partial charge in [0.05, 0.1) is 35.5 Å². The fraction of sp³-hybridized carbons (Fsp3) is 0.684. The molecule has 0 aliphatic carbocycles. The van der Waals surface area contributed by atoms with E-state index >= 15 is 0 Å². The van der Waals surface area contributed by atoms with Crippen LogP contribution in [-0.4, -0.2) is 46.0 Å². The van der Waals surface area contributed by atoms with Crippen molar-refractivity contribution >= 4 is 22.9 Å². The molecule has 7 nitrogen and oxygen atoms in total. The van der Waals surface area contributed by atoms with E-state index in [0.717, 1.165) is 55.2 Å². The van der Waals surface area contributed by atoms with Crippen LogP contribution in [0.4, 0.5) is 0 Å². The summed E-state index contributed by atoms with van der Waals surface area (Å²) in [5, 5.41) is 22.8. The fourth-order valence-corrected chi connectivity index (χ4v) is 6.24. The molecule has 9 heteroatoms. The van der Waals surface area contributed by atoms with Crippen molar-refractivity contribution in [2.45, 2.75) is 56.5 Å². The summed E-state index contributed by atoms with van der Waals surface area (Å²) in [6.45, 7) is 4.94. The van der Waals surface area contributed by atoms with Crippen molar-refractivity contribution in [1.29, 1.82) is 0 Å². The Morgan fingerprint density at radius 1 is 1.43 bits per heavy atom. The Bertz CT molecular complexity index is 852. The van der Waals surface area contributed by atoms with Crippen molar-refractivity contribution in [3.8, 4) is 0 Å². The lowest BCUT2D eigenvalue weighted by atomic mass is 9.79. The first-order chi connectivity index (χ1) is 13.5. The third-order valence-corrected chi connectivity index (χ3v) is 7.52. The molecule has 28 heavy (non-hydrogen) atoms. The first-order valence-corrected chi connectivity index (χ1v) is 11.1. The van der Waals surface area contributed by atoms with E-state index in [1.807, 2.05) is 16.9 Å². The molecule has 5 heterocycles. The second kappa shape index (κ2) is 7.34. The zero-order valence-corrected chi connectivity index (χ0v) is 17.4. The molecule has 3 aliphatic heterocycles. The van der Waals surface area contributed by atoms with Crippen LogP contribution in [0.15, 0.2) is 12.3 Å². The number of rotatable bonds is 3. The van der Waals surface area contributed by atoms with E-state index in [1.54, 1.807) is 0 Å². The van der Waals surface area contributed by atoms with E-state index in [4.69, 9.17) is 21.1 Å². The first-order valence-electron chi connectivity index (χ1n) is 9.88. The molecular weight excluding hydrogens is 400 g/mol. The van der Waals surface area contributed by atoms with Crippen molar-refractivity contribution < 1.29 is 14.6 Å². The summed E-state index contributed by atoms with van der Waals surface area (Å²) in [4.78, 5) is 1.06. The lowest BCUT2D eigenvalue weighted by Gasteiger charge is -2.46. The van der Waals surface area contributed by atoms with Crippen LogP contribution in [0.3, 0.4) is 0 Å². The molecule has 5 atom stereocenters. The van der Waals surface area contributed by atoms with Crippen LogP contribution in [-0.2, 0) is 21.6 Å². The molecule has 2 saturated heterocycles. The molecule has 3 aliphatic rings. The normalized spacial score (nSPS) is 35.4. The van der Waals surface area contributed by atoms with Crippen LogP contribution in [0, 0.1) is 5.92 Å². The summed E-state index contributed by atoms with van der Waals surface area (Å²) in [6.07, 6.45) is 4.10. The minimum absolute atomic E-state index is 0.0429. The lowest BCUT2D eigenvalue weighted by Crippen LogP contribution is -2.50. The molecule has 2 N–H and O–H groups in total. The second-order valence-electron chi connectivity index (χ2n) is 8.28. The monoisotopic (exact) mass is 424 g/mol. The van der Waals surface area contributed by atoms with Crippen molar-refractivity contribution in [1.82, 2.24) is 20.3 Å². The summed E-state index contributed by atoms with van der Waals surface area (Å²) >= 11 is 7.82. The van der Waals surface area contributed by atoms with Gasteiger partial charge in [0.1, 0.15) is 11.7 Å². The topological polar surface area (TPSA) is 81.4 Å². The highest BCUT2D eigenvalue weighted by molar-refractivity contribution is 7.16. The summed E-state index contributed by atoms with van der Waals surface area (Å²) in [5.41, 5.74) is 1.41. The van der Waals surface area contributed by atoms with E-state index in [1.165, 1.54) is 11.3 Å². The van der Waals surface area contributed by atoms with Crippen molar-refractivity contribution in [3.05, 3.63) is 32.7 Å². The van der Waals surface area contributed by atoms with Crippen LogP contribution in [0.5, 0.6) is 0 Å². The molecule has 0 radical (unpaired) electrons. The number of piperidine rings is 1. The summed E-state index contributed by atoms with van der Waals surface area (Å²) in [5.74, 6) is 0.512. The molecular formula is C19H25ClN4O3S. The van der Waals surface area contributed by atoms with Gasteiger partial charge in [-0.2, -0.15) is 0 Å². The third kappa shape index (κ3) is 3.40. The van der Waals surface area contributed by atoms with Gasteiger partial charge in [-0.3, -0.25) is 4.68 Å². The number of thiophene rings is 1. The van der Waals surface area contributed by atoms with Gasteiger partial charge in [0.25, 0.3) is 0 Å². The van der Waals surface area contributed by atoms with Gasteiger partial charge in [-0.05, 0) is 25.8 Å². The Balaban J connectivity index is 1.40. The summed E-state index contributed by atoms with van der Waals surface area (Å²) in [6, 6.07) is 2.18. The van der Waals surface area contributed by atoms with E-state index in [9.17, 15) is 5.11 Å². The molecule has 0 bridgehead atoms. The maximum Gasteiger partial charge on any atom is 0.106 e. The molecule has 2 aromatic rings. The highest BCUT2D eigenvalue weighted by Gasteiger charge is 2.48. The van der Waals surface area contributed by atoms with Gasteiger partial charge < -0.3 is 19.9 Å². The third-order valence-electron chi connectivity index (χ3n) is 6.06. The average Bonchev–Trinajstić information content (AvgIpc) is 3.40. The van der Waals surface area contributed by atoms with E-state index in [-0.39, 0.29) is 12.1 Å². The Labute approximate surface area is 173 Å². The minimum Gasteiger partial charge on any atom is -0.386 e. The van der Waals surface area contributed by atoms with Crippen LogP contribution in [0.1, 0.15) is 54.5 Å². The van der Waals surface area contributed by atoms with Gasteiger partial charge in [0, 0.05) is 42.0 Å². The van der Waals surface area contributed by atoms with Gasteiger partial charge in [-0.1, -0.05) is 16.8 Å². The van der Waals surface area contributed by atoms with Crippen molar-refractivity contribution in [2.75, 3.05) is 19.8 Å². The van der Waals surface area contributed by atoms with Crippen LogP contribution >= 0.6 is 22.9 Å². The fourth-order valence-electron chi connectivity index (χ4n) is 4.79. The minimum atomic E-state index is -0.609. The number of halogens is 1. The zero-order chi connectivity index (χ0) is 19.3. The Morgan fingerprint density at radius 2 is 2.32 bits per heavy atom. The quantitative estimate of drug-likeness (QED) is 0.788. The van der Waals surface area contributed by atoms with Gasteiger partial charge in [0.15, 0.2) is 0 Å². The SMILES string of the molecule is C[C@H]1CC2(C[C@@H](c3cn(CC4CCOC4)nn3)N1)OC[C@@H](O)c1cc(Cl)sc12. The number of hydrogen-bond acceptors (Lipinski definition) is 7. The maximum absolute atomic E-state index is 10.3. The highest BCUT2D eigenvalue weighted by atomic mass is 35.5. The van der Waals surface area contributed by atoms with Gasteiger partial charge in [-0.15, -0.1) is 16.4 Å². The van der Waals surface area contributed by atoms with E-state index in [0.29, 0.717) is 16.9 Å². The Morgan fingerprint density at radius 3 is 3.14 bits per heavy atom. The number of aromatic nitrogens is 3. The van der Waals surface area contributed by atoms with Crippen molar-refractivity contribution in [3.63, 3.8) is 0 Å². The van der Waals surface area contributed by atoms with Gasteiger partial charge in [-0.25, -0.2) is 0 Å². The number of aliphatic hydroxyl groups excluding tert-OH is 1. The number of nitrogens with zero attached hydrogens (tertiary/aromatic N) is 3. The lowest BCUT2D eigenvalue weighted by molar-refractivity contribution is -0.129. The predicted octanol–water partition coefficient (Wildman–Crippen LogP) is 2.80. The smallest absolute Gasteiger partial charge is 0.106 e. The summed E-state index contributed by atoms with van der Waals surface area (Å²) < 4.78 is 14.4. The second-order valence-corrected chi connectivity index (χ2v) is 9.96. The predicted molar refractivity (Wildman–Crippen MR) is 105 cm³/mol. The zero-order valence-electron chi connectivity index (χ0n) is 15.8. The maximum atomic E-state index is 10.3. The van der Waals surface area contributed by atoms with E-state index < -0.39 is 11.7 Å². The van der Waals surface area contributed by atoms with Crippen LogP contribution in [0.2, 0.25) is 4.34 Å². The van der Waals surface area contributed by atoms with E-state index in [2.05, 4.69) is 22.6 Å². The van der Waals surface area contributed by atoms with Crippen LogP contribution in [0.25, 0.3) is 0 Å². The highest BCUT2D eigenvalue weighted by Crippen LogP contribution is 2.51. The van der Waals surface area contributed by atoms with Gasteiger partial charge >= 0.3 is 0 Å². The number of fused-ring (bicyclic) bond motifs is 2. The molecule has 0 saturated carbocycles. The molecule has 0 aromatic carbocycles. The number of hydrogen-bond donors (Lipinski definition) is 2. The Hall–Kier alpha value is -1.03. The van der Waals surface area contributed by atoms with Crippen molar-refractivity contribution in [2.24, 2.45) is 5.92 Å². The molecule has 2 fully saturated rings. The number of ether oxygens (including phenoxy) is 2. The molecule has 1 spiro atoms.